The minimum Gasteiger partial charge on any atom is -0.309 e. The Hall–Kier alpha value is -0.530. The number of benzene rings is 1. The average molecular weight is 282 g/mol. The first kappa shape index (κ1) is 16.5. The van der Waals surface area contributed by atoms with Crippen LogP contribution in [0, 0.1) is 5.92 Å². The third kappa shape index (κ3) is 5.97. The molecule has 0 saturated heterocycles. The zero-order valence-corrected chi connectivity index (χ0v) is 13.7. The fourth-order valence-corrected chi connectivity index (χ4v) is 2.39. The Morgan fingerprint density at radius 1 is 1.11 bits per heavy atom. The van der Waals surface area contributed by atoms with Gasteiger partial charge in [-0.1, -0.05) is 58.9 Å². The van der Waals surface area contributed by atoms with Crippen molar-refractivity contribution in [1.82, 2.24) is 5.32 Å². The molecule has 0 aromatic heterocycles. The first-order chi connectivity index (χ1) is 8.82. The Balaban J connectivity index is 2.54. The second-order valence-electron chi connectivity index (χ2n) is 6.81. The molecule has 2 heteroatoms. The number of hydrogen-bond acceptors (Lipinski definition) is 1. The van der Waals surface area contributed by atoms with E-state index in [2.05, 4.69) is 64.2 Å². The maximum atomic E-state index is 6.00. The lowest BCUT2D eigenvalue weighted by Gasteiger charge is -2.20. The summed E-state index contributed by atoms with van der Waals surface area (Å²) in [6, 6.07) is 9.30. The number of hydrogen-bond donors (Lipinski definition) is 1. The van der Waals surface area contributed by atoms with Crippen LogP contribution in [-0.4, -0.2) is 11.9 Å². The average Bonchev–Trinajstić information content (AvgIpc) is 2.33. The third-order valence-corrected chi connectivity index (χ3v) is 3.73. The lowest BCUT2D eigenvalue weighted by atomic mass is 9.87. The first-order valence-electron chi connectivity index (χ1n) is 7.21. The molecule has 0 saturated carbocycles. The SMILES string of the molecule is CC(C)CC(CCl)NCc1ccc(C(C)(C)C)cc1. The lowest BCUT2D eigenvalue weighted by Crippen LogP contribution is -2.31. The van der Waals surface area contributed by atoms with Gasteiger partial charge in [-0.15, -0.1) is 11.6 Å². The lowest BCUT2D eigenvalue weighted by molar-refractivity contribution is 0.445. The van der Waals surface area contributed by atoms with E-state index in [4.69, 9.17) is 11.6 Å². The highest BCUT2D eigenvalue weighted by Gasteiger charge is 2.13. The zero-order valence-electron chi connectivity index (χ0n) is 13.0. The molecule has 0 bridgehead atoms. The van der Waals surface area contributed by atoms with Gasteiger partial charge in [0.2, 0.25) is 0 Å². The summed E-state index contributed by atoms with van der Waals surface area (Å²) in [5.74, 6) is 1.36. The van der Waals surface area contributed by atoms with E-state index in [1.165, 1.54) is 11.1 Å². The largest absolute Gasteiger partial charge is 0.309 e. The molecule has 19 heavy (non-hydrogen) atoms. The molecule has 0 radical (unpaired) electrons. The van der Waals surface area contributed by atoms with E-state index in [9.17, 15) is 0 Å². The molecule has 1 unspecified atom stereocenters. The zero-order chi connectivity index (χ0) is 14.5. The van der Waals surface area contributed by atoms with Crippen molar-refractivity contribution in [2.45, 2.75) is 59.0 Å². The molecule has 108 valence electrons. The Labute approximate surface area is 123 Å². The normalized spacial score (nSPS) is 13.8. The van der Waals surface area contributed by atoms with Crippen molar-refractivity contribution in [1.29, 1.82) is 0 Å². The summed E-state index contributed by atoms with van der Waals surface area (Å²) in [6.07, 6.45) is 1.13. The molecule has 0 heterocycles. The molecule has 0 aliphatic heterocycles. The van der Waals surface area contributed by atoms with Crippen molar-refractivity contribution >= 4 is 11.6 Å². The highest BCUT2D eigenvalue weighted by molar-refractivity contribution is 6.18. The number of rotatable bonds is 6. The summed E-state index contributed by atoms with van der Waals surface area (Å²) in [5, 5.41) is 3.54. The van der Waals surface area contributed by atoms with Crippen LogP contribution < -0.4 is 5.32 Å². The molecule has 0 amide bonds. The van der Waals surface area contributed by atoms with Crippen LogP contribution in [0.4, 0.5) is 0 Å². The van der Waals surface area contributed by atoms with Crippen LogP contribution in [-0.2, 0) is 12.0 Å². The molecule has 1 aromatic rings. The van der Waals surface area contributed by atoms with Gasteiger partial charge in [-0.3, -0.25) is 0 Å². The Bertz CT molecular complexity index is 362. The monoisotopic (exact) mass is 281 g/mol. The van der Waals surface area contributed by atoms with Gasteiger partial charge in [0.05, 0.1) is 0 Å². The predicted molar refractivity (Wildman–Crippen MR) is 85.9 cm³/mol. The van der Waals surface area contributed by atoms with Crippen molar-refractivity contribution in [3.8, 4) is 0 Å². The van der Waals surface area contributed by atoms with E-state index < -0.39 is 0 Å². The molecule has 1 atom stereocenters. The summed E-state index contributed by atoms with van der Waals surface area (Å²) >= 11 is 6.00. The third-order valence-electron chi connectivity index (χ3n) is 3.36. The second kappa shape index (κ2) is 7.31. The second-order valence-corrected chi connectivity index (χ2v) is 7.12. The molecular weight excluding hydrogens is 254 g/mol. The molecule has 0 fully saturated rings. The van der Waals surface area contributed by atoms with Crippen molar-refractivity contribution in [2.24, 2.45) is 5.92 Å². The summed E-state index contributed by atoms with van der Waals surface area (Å²) < 4.78 is 0. The first-order valence-corrected chi connectivity index (χ1v) is 7.75. The molecular formula is C17H28ClN. The van der Waals surface area contributed by atoms with E-state index >= 15 is 0 Å². The summed E-state index contributed by atoms with van der Waals surface area (Å²) in [7, 11) is 0. The van der Waals surface area contributed by atoms with Crippen LogP contribution in [0.1, 0.15) is 52.2 Å². The Morgan fingerprint density at radius 2 is 1.68 bits per heavy atom. The molecule has 1 N–H and O–H groups in total. The van der Waals surface area contributed by atoms with Gasteiger partial charge >= 0.3 is 0 Å². The van der Waals surface area contributed by atoms with Crippen molar-refractivity contribution in [3.63, 3.8) is 0 Å². The van der Waals surface area contributed by atoms with E-state index in [0.29, 0.717) is 17.8 Å². The Kier molecular flexibility index (Phi) is 6.35. The number of alkyl halides is 1. The van der Waals surface area contributed by atoms with Crippen molar-refractivity contribution < 1.29 is 0 Å². The number of halogens is 1. The maximum Gasteiger partial charge on any atom is 0.0377 e. The van der Waals surface area contributed by atoms with Gasteiger partial charge in [0.1, 0.15) is 0 Å². The van der Waals surface area contributed by atoms with Crippen LogP contribution in [0.25, 0.3) is 0 Å². The van der Waals surface area contributed by atoms with E-state index in [1.807, 2.05) is 0 Å². The molecule has 1 nitrogen and oxygen atoms in total. The predicted octanol–water partition coefficient (Wildman–Crippen LogP) is 4.73. The van der Waals surface area contributed by atoms with Crippen LogP contribution in [0.15, 0.2) is 24.3 Å². The maximum absolute atomic E-state index is 6.00. The van der Waals surface area contributed by atoms with Gasteiger partial charge in [-0.2, -0.15) is 0 Å². The summed E-state index contributed by atoms with van der Waals surface area (Å²) in [4.78, 5) is 0. The quantitative estimate of drug-likeness (QED) is 0.744. The Morgan fingerprint density at radius 3 is 2.11 bits per heavy atom. The fraction of sp³-hybridized carbons (Fsp3) is 0.647. The molecule has 0 spiro atoms. The van der Waals surface area contributed by atoms with Gasteiger partial charge in [0, 0.05) is 18.5 Å². The standard InChI is InChI=1S/C17H28ClN/c1-13(2)10-16(11-18)19-12-14-6-8-15(9-7-14)17(3,4)5/h6-9,13,16,19H,10-12H2,1-5H3. The van der Waals surface area contributed by atoms with Crippen LogP contribution in [0.5, 0.6) is 0 Å². The van der Waals surface area contributed by atoms with Gasteiger partial charge in [0.15, 0.2) is 0 Å². The van der Waals surface area contributed by atoms with Crippen molar-refractivity contribution in [2.75, 3.05) is 5.88 Å². The summed E-state index contributed by atoms with van der Waals surface area (Å²) in [5.41, 5.74) is 2.93. The highest BCUT2D eigenvalue weighted by Crippen LogP contribution is 2.22. The molecule has 1 rings (SSSR count). The van der Waals surface area contributed by atoms with Gasteiger partial charge in [-0.25, -0.2) is 0 Å². The van der Waals surface area contributed by atoms with Crippen LogP contribution in [0.3, 0.4) is 0 Å². The van der Waals surface area contributed by atoms with Crippen LogP contribution >= 0.6 is 11.6 Å². The minimum absolute atomic E-state index is 0.224. The van der Waals surface area contributed by atoms with E-state index in [1.54, 1.807) is 0 Å². The van der Waals surface area contributed by atoms with E-state index in [-0.39, 0.29) is 5.41 Å². The smallest absolute Gasteiger partial charge is 0.0377 e. The van der Waals surface area contributed by atoms with Gasteiger partial charge < -0.3 is 5.32 Å². The van der Waals surface area contributed by atoms with Crippen molar-refractivity contribution in [3.05, 3.63) is 35.4 Å². The molecule has 0 aliphatic rings. The minimum atomic E-state index is 0.224. The van der Waals surface area contributed by atoms with Crippen LogP contribution in [0.2, 0.25) is 0 Å². The summed E-state index contributed by atoms with van der Waals surface area (Å²) in [6.45, 7) is 12.1. The van der Waals surface area contributed by atoms with Gasteiger partial charge in [-0.05, 0) is 28.9 Å². The topological polar surface area (TPSA) is 12.0 Å². The fourth-order valence-electron chi connectivity index (χ4n) is 2.15. The van der Waals surface area contributed by atoms with E-state index in [0.717, 1.165) is 13.0 Å². The molecule has 0 aliphatic carbocycles. The molecule has 1 aromatic carbocycles. The number of nitrogens with one attached hydrogen (secondary N) is 1. The highest BCUT2D eigenvalue weighted by atomic mass is 35.5. The van der Waals surface area contributed by atoms with Gasteiger partial charge in [0.25, 0.3) is 0 Å².